The van der Waals surface area contributed by atoms with Crippen LogP contribution in [0.15, 0.2) is 41.5 Å². The summed E-state index contributed by atoms with van der Waals surface area (Å²) >= 11 is 0. The van der Waals surface area contributed by atoms with Gasteiger partial charge >= 0.3 is 0 Å². The fourth-order valence-electron chi connectivity index (χ4n) is 3.33. The van der Waals surface area contributed by atoms with Crippen LogP contribution in [0.4, 0.5) is 5.95 Å². The highest BCUT2D eigenvalue weighted by Gasteiger charge is 2.25. The second-order valence-corrected chi connectivity index (χ2v) is 6.58. The van der Waals surface area contributed by atoms with Gasteiger partial charge in [-0.15, -0.1) is 0 Å². The molecule has 7 nitrogen and oxygen atoms in total. The Kier molecular flexibility index (Phi) is 4.38. The molecule has 1 aliphatic heterocycles. The maximum atomic E-state index is 5.82. The number of morpholine rings is 1. The van der Waals surface area contributed by atoms with E-state index in [4.69, 9.17) is 14.1 Å². The van der Waals surface area contributed by atoms with Gasteiger partial charge in [0.1, 0.15) is 5.76 Å². The Labute approximate surface area is 152 Å². The predicted molar refractivity (Wildman–Crippen MR) is 97.7 cm³/mol. The molecule has 4 rings (SSSR count). The lowest BCUT2D eigenvalue weighted by Crippen LogP contribution is -2.46. The zero-order chi connectivity index (χ0) is 18.1. The number of hydrogen-bond acceptors (Lipinski definition) is 7. The van der Waals surface area contributed by atoms with E-state index >= 15 is 0 Å². The lowest BCUT2D eigenvalue weighted by atomic mass is 10.1. The Balaban J connectivity index is 1.81. The highest BCUT2D eigenvalue weighted by atomic mass is 16.5. The van der Waals surface area contributed by atoms with Crippen molar-refractivity contribution in [2.45, 2.75) is 33.0 Å². The number of aromatic nitrogens is 4. The molecular weight excluding hydrogens is 330 g/mol. The van der Waals surface area contributed by atoms with Crippen LogP contribution in [0.1, 0.15) is 19.6 Å². The van der Waals surface area contributed by atoms with Crippen molar-refractivity contribution in [3.8, 4) is 22.5 Å². The average Bonchev–Trinajstić information content (AvgIpc) is 3.07. The van der Waals surface area contributed by atoms with E-state index in [2.05, 4.69) is 33.7 Å². The molecule has 0 aromatic carbocycles. The molecule has 0 bridgehead atoms. The molecule has 1 aliphatic rings. The van der Waals surface area contributed by atoms with E-state index in [-0.39, 0.29) is 12.2 Å². The Morgan fingerprint density at radius 2 is 1.85 bits per heavy atom. The Bertz CT molecular complexity index is 886. The molecule has 0 aliphatic carbocycles. The van der Waals surface area contributed by atoms with Gasteiger partial charge in [-0.1, -0.05) is 0 Å². The molecule has 26 heavy (non-hydrogen) atoms. The summed E-state index contributed by atoms with van der Waals surface area (Å²) in [5.74, 6) is 1.50. The minimum absolute atomic E-state index is 0.140. The van der Waals surface area contributed by atoms with Crippen LogP contribution in [0.5, 0.6) is 0 Å². The lowest BCUT2D eigenvalue weighted by Gasteiger charge is -2.35. The summed E-state index contributed by atoms with van der Waals surface area (Å²) in [5.41, 5.74) is 3.30. The molecule has 4 heterocycles. The summed E-state index contributed by atoms with van der Waals surface area (Å²) in [7, 11) is 0. The summed E-state index contributed by atoms with van der Waals surface area (Å²) in [6.45, 7) is 7.59. The van der Waals surface area contributed by atoms with Crippen LogP contribution in [0.25, 0.3) is 22.5 Å². The Hall–Kier alpha value is -2.80. The number of furan rings is 1. The highest BCUT2D eigenvalue weighted by Crippen LogP contribution is 2.33. The molecule has 1 saturated heterocycles. The van der Waals surface area contributed by atoms with Crippen LogP contribution in [-0.2, 0) is 4.74 Å². The van der Waals surface area contributed by atoms with Crippen molar-refractivity contribution in [1.82, 2.24) is 19.9 Å². The van der Waals surface area contributed by atoms with Gasteiger partial charge in [0.2, 0.25) is 5.95 Å². The average molecular weight is 351 g/mol. The van der Waals surface area contributed by atoms with Gasteiger partial charge in [0.15, 0.2) is 0 Å². The van der Waals surface area contributed by atoms with Crippen LogP contribution >= 0.6 is 0 Å². The third-order valence-electron chi connectivity index (χ3n) is 4.43. The molecular formula is C19H21N5O2. The first-order chi connectivity index (χ1) is 12.6. The fourth-order valence-corrected chi connectivity index (χ4v) is 3.33. The molecule has 3 aromatic heterocycles. The van der Waals surface area contributed by atoms with E-state index in [0.29, 0.717) is 5.95 Å². The molecule has 3 aromatic rings. The predicted octanol–water partition coefficient (Wildman–Crippen LogP) is 3.12. The van der Waals surface area contributed by atoms with Crippen LogP contribution in [0.3, 0.4) is 0 Å². The Morgan fingerprint density at radius 3 is 2.50 bits per heavy atom. The molecule has 7 heteroatoms. The quantitative estimate of drug-likeness (QED) is 0.717. The van der Waals surface area contributed by atoms with Crippen LogP contribution in [0, 0.1) is 6.92 Å². The molecule has 0 saturated carbocycles. The third kappa shape index (κ3) is 3.17. The molecule has 2 atom stereocenters. The first-order valence-electron chi connectivity index (χ1n) is 8.70. The molecule has 1 fully saturated rings. The molecule has 0 N–H and O–H groups in total. The van der Waals surface area contributed by atoms with Crippen molar-refractivity contribution < 1.29 is 9.15 Å². The van der Waals surface area contributed by atoms with E-state index in [1.165, 1.54) is 0 Å². The minimum Gasteiger partial charge on any atom is -0.469 e. The first-order valence-corrected chi connectivity index (χ1v) is 8.70. The molecule has 0 radical (unpaired) electrons. The summed E-state index contributed by atoms with van der Waals surface area (Å²) in [6.07, 6.45) is 8.81. The number of anilines is 1. The van der Waals surface area contributed by atoms with Gasteiger partial charge in [-0.3, -0.25) is 9.97 Å². The van der Waals surface area contributed by atoms with Crippen molar-refractivity contribution in [2.75, 3.05) is 18.0 Å². The van der Waals surface area contributed by atoms with Crippen LogP contribution in [-0.4, -0.2) is 45.2 Å². The topological polar surface area (TPSA) is 77.2 Å². The molecule has 0 unspecified atom stereocenters. The van der Waals surface area contributed by atoms with Gasteiger partial charge in [0.25, 0.3) is 0 Å². The lowest BCUT2D eigenvalue weighted by molar-refractivity contribution is -0.00571. The van der Waals surface area contributed by atoms with E-state index in [0.717, 1.165) is 41.4 Å². The van der Waals surface area contributed by atoms with Crippen molar-refractivity contribution in [3.63, 3.8) is 0 Å². The maximum Gasteiger partial charge on any atom is 0.226 e. The van der Waals surface area contributed by atoms with E-state index in [1.807, 2.05) is 19.2 Å². The standard InChI is InChI=1S/C19H21N5O2/c1-12-10-24(11-13(2)26-12)19-22-8-16(17-9-20-5-6-21-17)18(23-19)15-4-7-25-14(15)3/h4-9,12-13H,10-11H2,1-3H3/t12-,13-/m1/s1. The van der Waals surface area contributed by atoms with E-state index < -0.39 is 0 Å². The maximum absolute atomic E-state index is 5.82. The highest BCUT2D eigenvalue weighted by molar-refractivity contribution is 5.79. The van der Waals surface area contributed by atoms with Gasteiger partial charge in [-0.25, -0.2) is 9.97 Å². The minimum atomic E-state index is 0.140. The van der Waals surface area contributed by atoms with Gasteiger partial charge < -0.3 is 14.1 Å². The van der Waals surface area contributed by atoms with E-state index in [9.17, 15) is 0 Å². The van der Waals surface area contributed by atoms with Gasteiger partial charge in [0, 0.05) is 42.8 Å². The van der Waals surface area contributed by atoms with Crippen LogP contribution < -0.4 is 4.90 Å². The smallest absolute Gasteiger partial charge is 0.226 e. The van der Waals surface area contributed by atoms with Crippen molar-refractivity contribution in [3.05, 3.63) is 42.9 Å². The van der Waals surface area contributed by atoms with Gasteiger partial charge in [-0.2, -0.15) is 0 Å². The van der Waals surface area contributed by atoms with E-state index in [1.54, 1.807) is 24.9 Å². The second kappa shape index (κ2) is 6.84. The zero-order valence-corrected chi connectivity index (χ0v) is 15.1. The normalized spacial score (nSPS) is 20.3. The van der Waals surface area contributed by atoms with Crippen LogP contribution in [0.2, 0.25) is 0 Å². The molecule has 0 amide bonds. The zero-order valence-electron chi connectivity index (χ0n) is 15.1. The molecule has 0 spiro atoms. The summed E-state index contributed by atoms with van der Waals surface area (Å²) in [5, 5.41) is 0. The number of nitrogens with zero attached hydrogens (tertiary/aromatic N) is 5. The number of aryl methyl sites for hydroxylation is 1. The molecule has 134 valence electrons. The summed E-state index contributed by atoms with van der Waals surface area (Å²) in [4.78, 5) is 20.2. The third-order valence-corrected chi connectivity index (χ3v) is 4.43. The Morgan fingerprint density at radius 1 is 1.04 bits per heavy atom. The van der Waals surface area contributed by atoms with Crippen molar-refractivity contribution in [2.24, 2.45) is 0 Å². The van der Waals surface area contributed by atoms with Crippen molar-refractivity contribution >= 4 is 5.95 Å². The summed E-state index contributed by atoms with van der Waals surface area (Å²) in [6, 6.07) is 1.92. The van der Waals surface area contributed by atoms with Gasteiger partial charge in [-0.05, 0) is 26.8 Å². The van der Waals surface area contributed by atoms with Crippen molar-refractivity contribution in [1.29, 1.82) is 0 Å². The fraction of sp³-hybridized carbons (Fsp3) is 0.368. The number of hydrogen-bond donors (Lipinski definition) is 0. The second-order valence-electron chi connectivity index (χ2n) is 6.58. The number of rotatable bonds is 3. The number of ether oxygens (including phenoxy) is 1. The SMILES string of the molecule is Cc1occc1-c1nc(N2C[C@@H](C)O[C@H](C)C2)ncc1-c1cnccn1. The summed E-state index contributed by atoms with van der Waals surface area (Å²) < 4.78 is 11.3. The first kappa shape index (κ1) is 16.7. The largest absolute Gasteiger partial charge is 0.469 e. The van der Waals surface area contributed by atoms with Gasteiger partial charge in [0.05, 0.1) is 36.1 Å². The monoisotopic (exact) mass is 351 g/mol.